The molecule has 0 saturated heterocycles. The number of nitrogens with two attached hydrogens (primary N) is 1. The Balaban J connectivity index is 2.12. The SMILES string of the molecule is CCc1nccn1CC(O)(CN)C1CC1. The molecule has 0 bridgehead atoms. The number of aromatic nitrogens is 2. The van der Waals surface area contributed by atoms with Crippen molar-refractivity contribution < 1.29 is 5.11 Å². The summed E-state index contributed by atoms with van der Waals surface area (Å²) in [7, 11) is 0. The van der Waals surface area contributed by atoms with Crippen LogP contribution < -0.4 is 5.73 Å². The van der Waals surface area contributed by atoms with E-state index in [1.807, 2.05) is 10.8 Å². The summed E-state index contributed by atoms with van der Waals surface area (Å²) in [5.74, 6) is 1.40. The number of hydrogen-bond donors (Lipinski definition) is 2. The predicted molar refractivity (Wildman–Crippen MR) is 58.3 cm³/mol. The number of hydrogen-bond acceptors (Lipinski definition) is 3. The van der Waals surface area contributed by atoms with Gasteiger partial charge < -0.3 is 15.4 Å². The molecule has 1 aromatic heterocycles. The number of rotatable bonds is 5. The van der Waals surface area contributed by atoms with Crippen molar-refractivity contribution in [3.8, 4) is 0 Å². The quantitative estimate of drug-likeness (QED) is 0.744. The topological polar surface area (TPSA) is 64.1 Å². The summed E-state index contributed by atoms with van der Waals surface area (Å²) in [5.41, 5.74) is 4.94. The van der Waals surface area contributed by atoms with Crippen molar-refractivity contribution in [1.29, 1.82) is 0 Å². The fraction of sp³-hybridized carbons (Fsp3) is 0.727. The second kappa shape index (κ2) is 3.94. The van der Waals surface area contributed by atoms with Gasteiger partial charge in [0.25, 0.3) is 0 Å². The normalized spacial score (nSPS) is 20.2. The molecule has 0 spiro atoms. The highest BCUT2D eigenvalue weighted by atomic mass is 16.3. The van der Waals surface area contributed by atoms with E-state index in [0.717, 1.165) is 25.1 Å². The van der Waals surface area contributed by atoms with E-state index < -0.39 is 5.60 Å². The van der Waals surface area contributed by atoms with Gasteiger partial charge in [-0.2, -0.15) is 0 Å². The maximum Gasteiger partial charge on any atom is 0.108 e. The number of aliphatic hydroxyl groups is 1. The van der Waals surface area contributed by atoms with Crippen LogP contribution in [0, 0.1) is 5.92 Å². The van der Waals surface area contributed by atoms with Crippen molar-refractivity contribution in [2.24, 2.45) is 11.7 Å². The fourth-order valence-corrected chi connectivity index (χ4v) is 2.07. The van der Waals surface area contributed by atoms with E-state index in [4.69, 9.17) is 5.73 Å². The first-order chi connectivity index (χ1) is 7.19. The van der Waals surface area contributed by atoms with Gasteiger partial charge in [0.2, 0.25) is 0 Å². The highest BCUT2D eigenvalue weighted by Gasteiger charge is 2.43. The van der Waals surface area contributed by atoms with Gasteiger partial charge in [-0.15, -0.1) is 0 Å². The molecule has 4 heteroatoms. The smallest absolute Gasteiger partial charge is 0.108 e. The monoisotopic (exact) mass is 209 g/mol. The molecule has 0 radical (unpaired) electrons. The van der Waals surface area contributed by atoms with E-state index in [0.29, 0.717) is 19.0 Å². The predicted octanol–water partition coefficient (Wildman–Crippen LogP) is 0.545. The van der Waals surface area contributed by atoms with Crippen molar-refractivity contribution in [1.82, 2.24) is 9.55 Å². The Kier molecular flexibility index (Phi) is 2.80. The van der Waals surface area contributed by atoms with Crippen LogP contribution in [0.1, 0.15) is 25.6 Å². The van der Waals surface area contributed by atoms with E-state index in [9.17, 15) is 5.11 Å². The lowest BCUT2D eigenvalue weighted by molar-refractivity contribution is 0.00871. The molecule has 1 aromatic rings. The lowest BCUT2D eigenvalue weighted by Crippen LogP contribution is -2.44. The molecule has 0 amide bonds. The average Bonchev–Trinajstić information content (AvgIpc) is 3.01. The fourth-order valence-electron chi connectivity index (χ4n) is 2.07. The average molecular weight is 209 g/mol. The number of aryl methyl sites for hydroxylation is 1. The minimum atomic E-state index is -0.732. The third-order valence-electron chi connectivity index (χ3n) is 3.25. The molecule has 3 N–H and O–H groups in total. The largest absolute Gasteiger partial charge is 0.386 e. The molecular formula is C11H19N3O. The van der Waals surface area contributed by atoms with Gasteiger partial charge in [0, 0.05) is 25.4 Å². The minimum absolute atomic E-state index is 0.332. The van der Waals surface area contributed by atoms with Gasteiger partial charge in [0.1, 0.15) is 5.82 Å². The summed E-state index contributed by atoms with van der Waals surface area (Å²) in [5, 5.41) is 10.4. The second-order valence-corrected chi connectivity index (χ2v) is 4.41. The summed E-state index contributed by atoms with van der Waals surface area (Å²) in [6, 6.07) is 0. The molecule has 1 unspecified atom stereocenters. The van der Waals surface area contributed by atoms with Crippen LogP contribution in [0.25, 0.3) is 0 Å². The van der Waals surface area contributed by atoms with E-state index in [1.54, 1.807) is 6.20 Å². The van der Waals surface area contributed by atoms with Crippen molar-refractivity contribution >= 4 is 0 Å². The molecule has 15 heavy (non-hydrogen) atoms. The van der Waals surface area contributed by atoms with Crippen LogP contribution in [0.2, 0.25) is 0 Å². The van der Waals surface area contributed by atoms with Crippen LogP contribution >= 0.6 is 0 Å². The summed E-state index contributed by atoms with van der Waals surface area (Å²) in [6.07, 6.45) is 6.79. The Bertz CT molecular complexity index is 332. The maximum absolute atomic E-state index is 10.4. The summed E-state index contributed by atoms with van der Waals surface area (Å²) >= 11 is 0. The molecule has 1 atom stereocenters. The standard InChI is InChI=1S/C11H19N3O/c1-2-10-13-5-6-14(10)8-11(15,7-12)9-3-4-9/h5-6,9,15H,2-4,7-8,12H2,1H3. The van der Waals surface area contributed by atoms with Gasteiger partial charge in [-0.1, -0.05) is 6.92 Å². The van der Waals surface area contributed by atoms with Gasteiger partial charge in [-0.25, -0.2) is 4.98 Å². The minimum Gasteiger partial charge on any atom is -0.386 e. The zero-order chi connectivity index (χ0) is 10.9. The Morgan fingerprint density at radius 3 is 2.93 bits per heavy atom. The van der Waals surface area contributed by atoms with Crippen LogP contribution in [0.4, 0.5) is 0 Å². The highest BCUT2D eigenvalue weighted by molar-refractivity contribution is 5.00. The molecule has 84 valence electrons. The van der Waals surface area contributed by atoms with E-state index in [1.165, 1.54) is 0 Å². The molecular weight excluding hydrogens is 190 g/mol. The summed E-state index contributed by atoms with van der Waals surface area (Å²) in [6.45, 7) is 2.98. The van der Waals surface area contributed by atoms with Gasteiger partial charge in [0.15, 0.2) is 0 Å². The zero-order valence-electron chi connectivity index (χ0n) is 9.19. The van der Waals surface area contributed by atoms with E-state index in [-0.39, 0.29) is 0 Å². The third kappa shape index (κ3) is 2.06. The lowest BCUT2D eigenvalue weighted by Gasteiger charge is -2.27. The first kappa shape index (κ1) is 10.6. The van der Waals surface area contributed by atoms with Crippen molar-refractivity contribution in [3.05, 3.63) is 18.2 Å². The van der Waals surface area contributed by atoms with E-state index in [2.05, 4.69) is 11.9 Å². The molecule has 2 rings (SSSR count). The molecule has 1 fully saturated rings. The second-order valence-electron chi connectivity index (χ2n) is 4.41. The van der Waals surface area contributed by atoms with Crippen LogP contribution in [-0.2, 0) is 13.0 Å². The van der Waals surface area contributed by atoms with Crippen LogP contribution in [0.15, 0.2) is 12.4 Å². The van der Waals surface area contributed by atoms with Crippen molar-refractivity contribution in [2.75, 3.05) is 6.54 Å². The molecule has 4 nitrogen and oxygen atoms in total. The summed E-state index contributed by atoms with van der Waals surface area (Å²) in [4.78, 5) is 4.24. The molecule has 1 aliphatic carbocycles. The number of imidazole rings is 1. The molecule has 1 aliphatic rings. The van der Waals surface area contributed by atoms with Crippen LogP contribution in [-0.4, -0.2) is 26.8 Å². The Morgan fingerprint density at radius 2 is 2.40 bits per heavy atom. The van der Waals surface area contributed by atoms with Crippen molar-refractivity contribution in [3.63, 3.8) is 0 Å². The van der Waals surface area contributed by atoms with Crippen molar-refractivity contribution in [2.45, 2.75) is 38.3 Å². The zero-order valence-corrected chi connectivity index (χ0v) is 9.19. The Morgan fingerprint density at radius 1 is 1.67 bits per heavy atom. The van der Waals surface area contributed by atoms with Gasteiger partial charge >= 0.3 is 0 Å². The molecule has 0 aromatic carbocycles. The number of nitrogens with zero attached hydrogens (tertiary/aromatic N) is 2. The first-order valence-corrected chi connectivity index (χ1v) is 5.62. The highest BCUT2D eigenvalue weighted by Crippen LogP contribution is 2.40. The van der Waals surface area contributed by atoms with Crippen LogP contribution in [0.3, 0.4) is 0 Å². The first-order valence-electron chi connectivity index (χ1n) is 5.62. The Hall–Kier alpha value is -0.870. The van der Waals surface area contributed by atoms with Gasteiger partial charge in [0.05, 0.1) is 12.1 Å². The van der Waals surface area contributed by atoms with Gasteiger partial charge in [-0.3, -0.25) is 0 Å². The molecule has 1 saturated carbocycles. The third-order valence-corrected chi connectivity index (χ3v) is 3.25. The lowest BCUT2D eigenvalue weighted by atomic mass is 9.98. The van der Waals surface area contributed by atoms with Gasteiger partial charge in [-0.05, 0) is 18.8 Å². The van der Waals surface area contributed by atoms with E-state index >= 15 is 0 Å². The molecule has 1 heterocycles. The van der Waals surface area contributed by atoms with Crippen LogP contribution in [0.5, 0.6) is 0 Å². The maximum atomic E-state index is 10.4. The summed E-state index contributed by atoms with van der Waals surface area (Å²) < 4.78 is 2.02. The Labute approximate surface area is 90.1 Å². The molecule has 0 aliphatic heterocycles.